The molecule has 0 atom stereocenters. The molecule has 0 saturated heterocycles. The third-order valence-corrected chi connectivity index (χ3v) is 2.89. The number of allylic oxidation sites excluding steroid dienone is 2. The Kier molecular flexibility index (Phi) is 4.50. The van der Waals surface area contributed by atoms with Crippen molar-refractivity contribution in [2.24, 2.45) is 0 Å². The van der Waals surface area contributed by atoms with Gasteiger partial charge in [-0.3, -0.25) is 0 Å². The molecular weight excluding hydrogens is 279 g/mol. The van der Waals surface area contributed by atoms with Crippen LogP contribution in [0, 0.1) is 39.8 Å². The van der Waals surface area contributed by atoms with Crippen molar-refractivity contribution in [3.8, 4) is 29.3 Å². The lowest BCUT2D eigenvalue weighted by Gasteiger charge is -2.07. The molecule has 0 spiro atoms. The number of nitrogens with zero attached hydrogens (tertiary/aromatic N) is 3. The summed E-state index contributed by atoms with van der Waals surface area (Å²) in [4.78, 5) is 0. The van der Waals surface area contributed by atoms with Gasteiger partial charge in [-0.25, -0.2) is 4.39 Å². The first-order chi connectivity index (χ1) is 10.7. The van der Waals surface area contributed by atoms with Crippen molar-refractivity contribution in [2.45, 2.75) is 0 Å². The summed E-state index contributed by atoms with van der Waals surface area (Å²) < 4.78 is 13.0. The predicted molar refractivity (Wildman–Crippen MR) is 79.3 cm³/mol. The predicted octanol–water partition coefficient (Wildman–Crippen LogP) is 3.73. The number of hydrogen-bond acceptors (Lipinski definition) is 4. The maximum atomic E-state index is 13.0. The molecule has 0 aromatic heterocycles. The van der Waals surface area contributed by atoms with Gasteiger partial charge < -0.3 is 5.32 Å². The second-order valence-electron chi connectivity index (χ2n) is 4.30. The maximum absolute atomic E-state index is 13.0. The van der Waals surface area contributed by atoms with Gasteiger partial charge in [-0.1, -0.05) is 24.3 Å². The molecule has 0 aliphatic carbocycles. The van der Waals surface area contributed by atoms with Crippen LogP contribution in [-0.2, 0) is 0 Å². The molecule has 0 heterocycles. The van der Waals surface area contributed by atoms with Gasteiger partial charge in [-0.05, 0) is 35.4 Å². The first-order valence-corrected chi connectivity index (χ1v) is 6.25. The lowest BCUT2D eigenvalue weighted by atomic mass is 10.0. The summed E-state index contributed by atoms with van der Waals surface area (Å²) >= 11 is 0. The van der Waals surface area contributed by atoms with Crippen LogP contribution >= 0.6 is 0 Å². The van der Waals surface area contributed by atoms with E-state index in [2.05, 4.69) is 5.32 Å². The highest BCUT2D eigenvalue weighted by atomic mass is 19.1. The minimum Gasteiger partial charge on any atom is -0.345 e. The average molecular weight is 288 g/mol. The van der Waals surface area contributed by atoms with E-state index < -0.39 is 0 Å². The number of hydrogen-bond donors (Lipinski definition) is 1. The minimum absolute atomic E-state index is 0.110. The smallest absolute Gasteiger partial charge is 0.163 e. The van der Waals surface area contributed by atoms with E-state index in [9.17, 15) is 4.39 Å². The van der Waals surface area contributed by atoms with Crippen LogP contribution in [0.15, 0.2) is 59.8 Å². The first kappa shape index (κ1) is 14.8. The average Bonchev–Trinajstić information content (AvgIpc) is 2.56. The van der Waals surface area contributed by atoms with E-state index in [4.69, 9.17) is 15.8 Å². The van der Waals surface area contributed by atoms with Crippen LogP contribution in [0.3, 0.4) is 0 Å². The zero-order valence-corrected chi connectivity index (χ0v) is 11.3. The fourth-order valence-electron chi connectivity index (χ4n) is 1.85. The summed E-state index contributed by atoms with van der Waals surface area (Å²) in [5.74, 6) is -0.319. The van der Waals surface area contributed by atoms with Crippen LogP contribution in [0.2, 0.25) is 0 Å². The van der Waals surface area contributed by atoms with Crippen molar-refractivity contribution in [3.05, 3.63) is 65.6 Å². The lowest BCUT2D eigenvalue weighted by Crippen LogP contribution is -2.00. The minimum atomic E-state index is -0.319. The highest BCUT2D eigenvalue weighted by Gasteiger charge is 2.07. The molecule has 2 rings (SSSR count). The quantitative estimate of drug-likeness (QED) is 0.872. The van der Waals surface area contributed by atoms with Gasteiger partial charge >= 0.3 is 0 Å². The summed E-state index contributed by atoms with van der Waals surface area (Å²) in [5.41, 5.74) is 1.79. The van der Waals surface area contributed by atoms with Crippen LogP contribution in [0.1, 0.15) is 0 Å². The molecule has 0 unspecified atom stereocenters. The molecule has 0 bridgehead atoms. The van der Waals surface area contributed by atoms with E-state index in [1.165, 1.54) is 12.1 Å². The number of rotatable bonds is 3. The fourth-order valence-corrected chi connectivity index (χ4v) is 1.85. The van der Waals surface area contributed by atoms with Crippen LogP contribution in [0.25, 0.3) is 11.1 Å². The maximum Gasteiger partial charge on any atom is 0.163 e. The van der Waals surface area contributed by atoms with E-state index in [0.29, 0.717) is 5.69 Å². The third-order valence-electron chi connectivity index (χ3n) is 2.89. The Morgan fingerprint density at radius 1 is 0.864 bits per heavy atom. The largest absolute Gasteiger partial charge is 0.345 e. The zero-order chi connectivity index (χ0) is 15.9. The van der Waals surface area contributed by atoms with Crippen LogP contribution in [0.4, 0.5) is 10.1 Å². The van der Waals surface area contributed by atoms with E-state index in [1.807, 2.05) is 6.07 Å². The molecule has 22 heavy (non-hydrogen) atoms. The molecule has 5 heteroatoms. The Morgan fingerprint density at radius 3 is 2.14 bits per heavy atom. The zero-order valence-electron chi connectivity index (χ0n) is 11.3. The summed E-state index contributed by atoms with van der Waals surface area (Å²) in [6.07, 6.45) is 0. The van der Waals surface area contributed by atoms with Crippen molar-refractivity contribution in [1.29, 1.82) is 15.8 Å². The third kappa shape index (κ3) is 3.28. The van der Waals surface area contributed by atoms with Crippen LogP contribution in [0.5, 0.6) is 0 Å². The summed E-state index contributed by atoms with van der Waals surface area (Å²) in [7, 11) is 0. The van der Waals surface area contributed by atoms with Crippen LogP contribution < -0.4 is 5.32 Å². The summed E-state index contributed by atoms with van der Waals surface area (Å²) in [6.45, 7) is 0. The molecule has 0 fully saturated rings. The van der Waals surface area contributed by atoms with Gasteiger partial charge in [0.1, 0.15) is 29.7 Å². The monoisotopic (exact) mass is 288 g/mol. The molecule has 2 aromatic carbocycles. The van der Waals surface area contributed by atoms with Crippen molar-refractivity contribution >= 4 is 5.69 Å². The van der Waals surface area contributed by atoms with E-state index in [-0.39, 0.29) is 17.1 Å². The molecule has 1 N–H and O–H groups in total. The normalized spacial score (nSPS) is 9.00. The van der Waals surface area contributed by atoms with Crippen molar-refractivity contribution < 1.29 is 4.39 Å². The van der Waals surface area contributed by atoms with E-state index in [0.717, 1.165) is 11.1 Å². The Balaban J connectivity index is 2.36. The molecule has 0 aliphatic rings. The lowest BCUT2D eigenvalue weighted by molar-refractivity contribution is 0.628. The topological polar surface area (TPSA) is 83.4 Å². The van der Waals surface area contributed by atoms with Crippen molar-refractivity contribution in [3.63, 3.8) is 0 Å². The van der Waals surface area contributed by atoms with E-state index >= 15 is 0 Å². The highest BCUT2D eigenvalue weighted by Crippen LogP contribution is 2.23. The van der Waals surface area contributed by atoms with Gasteiger partial charge in [0.15, 0.2) is 5.57 Å². The first-order valence-electron chi connectivity index (χ1n) is 6.25. The Labute approximate surface area is 127 Å². The van der Waals surface area contributed by atoms with E-state index in [1.54, 1.807) is 48.5 Å². The van der Waals surface area contributed by atoms with Crippen molar-refractivity contribution in [1.82, 2.24) is 0 Å². The van der Waals surface area contributed by atoms with Gasteiger partial charge in [-0.2, -0.15) is 15.8 Å². The number of benzene rings is 2. The summed E-state index contributed by atoms with van der Waals surface area (Å²) in [6, 6.07) is 18.2. The molecule has 0 aliphatic heterocycles. The molecule has 0 saturated carbocycles. The van der Waals surface area contributed by atoms with Crippen molar-refractivity contribution in [2.75, 3.05) is 5.32 Å². The molecule has 0 amide bonds. The second-order valence-corrected chi connectivity index (χ2v) is 4.30. The Hall–Kier alpha value is -3.62. The van der Waals surface area contributed by atoms with Crippen LogP contribution in [-0.4, -0.2) is 0 Å². The number of anilines is 1. The standard InChI is InChI=1S/C17H9FN4/c18-15-6-4-12(5-7-15)13-2-1-3-16(8-13)22-17(11-21)14(9-19)10-20/h1-8,22H. The summed E-state index contributed by atoms with van der Waals surface area (Å²) in [5, 5.41) is 29.4. The number of nitriles is 3. The number of nitrogens with one attached hydrogen (secondary N) is 1. The number of halogens is 1. The van der Waals surface area contributed by atoms with Gasteiger partial charge in [-0.15, -0.1) is 0 Å². The molecule has 0 radical (unpaired) electrons. The SMILES string of the molecule is N#CC(C#N)=C(C#N)Nc1cccc(-c2ccc(F)cc2)c1. The van der Waals surface area contributed by atoms with Gasteiger partial charge in [0, 0.05) is 5.69 Å². The van der Waals surface area contributed by atoms with Gasteiger partial charge in [0.05, 0.1) is 0 Å². The Bertz CT molecular complexity index is 830. The van der Waals surface area contributed by atoms with Gasteiger partial charge in [0.25, 0.3) is 0 Å². The molecular formula is C17H9FN4. The fraction of sp³-hybridized carbons (Fsp3) is 0. The Morgan fingerprint density at radius 2 is 1.55 bits per heavy atom. The van der Waals surface area contributed by atoms with Gasteiger partial charge in [0.2, 0.25) is 0 Å². The molecule has 104 valence electrons. The molecule has 4 nitrogen and oxygen atoms in total. The molecule has 2 aromatic rings. The highest BCUT2D eigenvalue weighted by molar-refractivity contribution is 5.70. The second kappa shape index (κ2) is 6.70.